The third-order valence-electron chi connectivity index (χ3n) is 3.04. The molecule has 0 fully saturated rings. The summed E-state index contributed by atoms with van der Waals surface area (Å²) in [6.45, 7) is 0. The third kappa shape index (κ3) is 3.72. The summed E-state index contributed by atoms with van der Waals surface area (Å²) in [6.07, 6.45) is 1.47. The lowest BCUT2D eigenvalue weighted by Gasteiger charge is -2.01. The van der Waals surface area contributed by atoms with E-state index in [2.05, 4.69) is 15.1 Å². The Morgan fingerprint density at radius 3 is 2.57 bits per heavy atom. The van der Waals surface area contributed by atoms with E-state index in [0.29, 0.717) is 5.56 Å². The molecule has 0 saturated heterocycles. The molecule has 7 nitrogen and oxygen atoms in total. The van der Waals surface area contributed by atoms with Crippen molar-refractivity contribution in [2.75, 3.05) is 0 Å². The molecule has 0 atom stereocenters. The zero-order valence-corrected chi connectivity index (χ0v) is 12.8. The minimum Gasteiger partial charge on any atom is -0.506 e. The first-order valence-electron chi connectivity index (χ1n) is 6.75. The van der Waals surface area contributed by atoms with Crippen molar-refractivity contribution < 1.29 is 18.0 Å². The first kappa shape index (κ1) is 15.2. The van der Waals surface area contributed by atoms with Crippen molar-refractivity contribution in [2.24, 2.45) is 0 Å². The summed E-state index contributed by atoms with van der Waals surface area (Å²) in [6, 6.07) is 11.8. The van der Waals surface area contributed by atoms with E-state index in [-0.39, 0.29) is 34.7 Å². The molecule has 0 aliphatic rings. The molecular weight excluding hydrogens is 318 g/mol. The lowest BCUT2D eigenvalue weighted by molar-refractivity contribution is 0.388. The summed E-state index contributed by atoms with van der Waals surface area (Å²) in [4.78, 5) is 7.93. The van der Waals surface area contributed by atoms with Crippen LogP contribution < -0.4 is 0 Å². The molecule has 0 spiro atoms. The minimum absolute atomic E-state index is 0.0408. The van der Waals surface area contributed by atoms with Crippen LogP contribution in [-0.4, -0.2) is 28.6 Å². The van der Waals surface area contributed by atoms with Gasteiger partial charge in [0.1, 0.15) is 11.5 Å². The van der Waals surface area contributed by atoms with Gasteiger partial charge in [0.2, 0.25) is 11.7 Å². The molecule has 3 rings (SSSR count). The van der Waals surface area contributed by atoms with E-state index in [1.54, 1.807) is 30.3 Å². The fraction of sp³-hybridized carbons (Fsp3) is 0.133. The highest BCUT2D eigenvalue weighted by Crippen LogP contribution is 2.23. The number of aromatic nitrogens is 3. The fourth-order valence-corrected chi connectivity index (χ4v) is 3.34. The molecular formula is C15H13N3O4S. The van der Waals surface area contributed by atoms with Crippen LogP contribution in [-0.2, 0) is 21.3 Å². The van der Waals surface area contributed by atoms with Gasteiger partial charge in [-0.3, -0.25) is 0 Å². The Bertz CT molecular complexity index is 907. The molecule has 1 N–H and O–H groups in total. The monoisotopic (exact) mass is 331 g/mol. The zero-order valence-electron chi connectivity index (χ0n) is 12.0. The molecule has 0 aliphatic heterocycles. The van der Waals surface area contributed by atoms with Crippen LogP contribution in [0.4, 0.5) is 0 Å². The Kier molecular flexibility index (Phi) is 4.07. The van der Waals surface area contributed by atoms with Crippen molar-refractivity contribution in [3.05, 3.63) is 60.1 Å². The Morgan fingerprint density at radius 2 is 1.83 bits per heavy atom. The lowest BCUT2D eigenvalue weighted by atomic mass is 10.2. The number of sulfone groups is 1. The first-order valence-corrected chi connectivity index (χ1v) is 8.57. The minimum atomic E-state index is -3.45. The maximum atomic E-state index is 12.2. The van der Waals surface area contributed by atoms with Gasteiger partial charge in [-0.15, -0.1) is 0 Å². The lowest BCUT2D eigenvalue weighted by Crippen LogP contribution is -2.07. The van der Waals surface area contributed by atoms with Crippen LogP contribution in [0.5, 0.6) is 5.75 Å². The highest BCUT2D eigenvalue weighted by molar-refractivity contribution is 7.89. The molecule has 0 radical (unpaired) electrons. The van der Waals surface area contributed by atoms with Crippen LogP contribution in [0.3, 0.4) is 0 Å². The van der Waals surface area contributed by atoms with Crippen molar-refractivity contribution in [3.63, 3.8) is 0 Å². The quantitative estimate of drug-likeness (QED) is 0.761. The summed E-state index contributed by atoms with van der Waals surface area (Å²) < 4.78 is 29.3. The molecule has 0 aliphatic carbocycles. The predicted octanol–water partition coefficient (Wildman–Crippen LogP) is 1.95. The topological polar surface area (TPSA) is 106 Å². The molecule has 0 saturated carbocycles. The average molecular weight is 331 g/mol. The Morgan fingerprint density at radius 1 is 1.04 bits per heavy atom. The second kappa shape index (κ2) is 6.17. The third-order valence-corrected chi connectivity index (χ3v) is 4.50. The van der Waals surface area contributed by atoms with Crippen molar-refractivity contribution >= 4 is 9.84 Å². The zero-order chi connectivity index (χ0) is 16.3. The fourth-order valence-electron chi connectivity index (χ4n) is 2.05. The number of hydrogen-bond acceptors (Lipinski definition) is 7. The summed E-state index contributed by atoms with van der Waals surface area (Å²) in [5.41, 5.74) is 0.831. The molecule has 2 aromatic heterocycles. The number of benzene rings is 1. The van der Waals surface area contributed by atoms with Gasteiger partial charge in [-0.05, 0) is 17.7 Å². The van der Waals surface area contributed by atoms with E-state index < -0.39 is 9.84 Å². The van der Waals surface area contributed by atoms with Crippen molar-refractivity contribution in [1.82, 2.24) is 15.1 Å². The Hall–Kier alpha value is -2.74. The van der Waals surface area contributed by atoms with Gasteiger partial charge in [0, 0.05) is 6.20 Å². The summed E-state index contributed by atoms with van der Waals surface area (Å²) in [7, 11) is -3.45. The van der Waals surface area contributed by atoms with Gasteiger partial charge < -0.3 is 9.63 Å². The normalized spacial score (nSPS) is 11.5. The van der Waals surface area contributed by atoms with Crippen LogP contribution in [0.1, 0.15) is 11.5 Å². The molecule has 8 heteroatoms. The highest BCUT2D eigenvalue weighted by atomic mass is 32.2. The number of nitrogens with zero attached hydrogens (tertiary/aromatic N) is 3. The van der Waals surface area contributed by atoms with Crippen LogP contribution in [0.25, 0.3) is 11.5 Å². The standard InChI is InChI=1S/C15H13N3O4S/c19-12-7-4-8-16-14(12)15-17-13(22-18-15)10-23(20,21)9-11-5-2-1-3-6-11/h1-8,19H,9-10H2. The van der Waals surface area contributed by atoms with Gasteiger partial charge in [0.15, 0.2) is 15.5 Å². The molecule has 0 amide bonds. The van der Waals surface area contributed by atoms with E-state index in [9.17, 15) is 13.5 Å². The second-order valence-corrected chi connectivity index (χ2v) is 6.97. The van der Waals surface area contributed by atoms with Gasteiger partial charge in [-0.25, -0.2) is 13.4 Å². The maximum Gasteiger partial charge on any atom is 0.242 e. The summed E-state index contributed by atoms with van der Waals surface area (Å²) in [5.74, 6) is -0.580. The van der Waals surface area contributed by atoms with E-state index in [1.165, 1.54) is 12.3 Å². The van der Waals surface area contributed by atoms with Crippen LogP contribution in [0.15, 0.2) is 53.2 Å². The first-order chi connectivity index (χ1) is 11.0. The van der Waals surface area contributed by atoms with Crippen molar-refractivity contribution in [1.29, 1.82) is 0 Å². The van der Waals surface area contributed by atoms with Gasteiger partial charge >= 0.3 is 0 Å². The van der Waals surface area contributed by atoms with Crippen molar-refractivity contribution in [3.8, 4) is 17.3 Å². The molecule has 118 valence electrons. The smallest absolute Gasteiger partial charge is 0.242 e. The largest absolute Gasteiger partial charge is 0.506 e. The maximum absolute atomic E-state index is 12.2. The van der Waals surface area contributed by atoms with Gasteiger partial charge in [-0.2, -0.15) is 4.98 Å². The predicted molar refractivity (Wildman–Crippen MR) is 82.0 cm³/mol. The second-order valence-electron chi connectivity index (χ2n) is 4.90. The average Bonchev–Trinajstić information content (AvgIpc) is 2.95. The van der Waals surface area contributed by atoms with Crippen molar-refractivity contribution in [2.45, 2.75) is 11.5 Å². The van der Waals surface area contributed by atoms with Crippen LogP contribution >= 0.6 is 0 Å². The SMILES string of the molecule is O=S(=O)(Cc1ccccc1)Cc1nc(-c2ncccc2O)no1. The molecule has 23 heavy (non-hydrogen) atoms. The van der Waals surface area contributed by atoms with E-state index in [0.717, 1.165) is 0 Å². The molecule has 0 bridgehead atoms. The van der Waals surface area contributed by atoms with Gasteiger partial charge in [-0.1, -0.05) is 35.5 Å². The molecule has 3 aromatic rings. The van der Waals surface area contributed by atoms with Gasteiger partial charge in [0.25, 0.3) is 0 Å². The number of pyridine rings is 1. The Balaban J connectivity index is 1.78. The van der Waals surface area contributed by atoms with E-state index in [4.69, 9.17) is 4.52 Å². The number of aromatic hydroxyl groups is 1. The van der Waals surface area contributed by atoms with E-state index in [1.807, 2.05) is 6.07 Å². The summed E-state index contributed by atoms with van der Waals surface area (Å²) >= 11 is 0. The molecule has 1 aromatic carbocycles. The van der Waals surface area contributed by atoms with Gasteiger partial charge in [0.05, 0.1) is 5.75 Å². The van der Waals surface area contributed by atoms with Crippen LogP contribution in [0.2, 0.25) is 0 Å². The summed E-state index contributed by atoms with van der Waals surface area (Å²) in [5, 5.41) is 13.4. The molecule has 2 heterocycles. The Labute approximate surface area is 132 Å². The highest BCUT2D eigenvalue weighted by Gasteiger charge is 2.20. The van der Waals surface area contributed by atoms with Crippen LogP contribution in [0, 0.1) is 0 Å². The number of hydrogen-bond donors (Lipinski definition) is 1. The number of rotatable bonds is 5. The molecule has 0 unspecified atom stereocenters. The van der Waals surface area contributed by atoms with E-state index >= 15 is 0 Å².